The van der Waals surface area contributed by atoms with Gasteiger partial charge in [0.1, 0.15) is 0 Å². The molecule has 0 bridgehead atoms. The summed E-state index contributed by atoms with van der Waals surface area (Å²) in [5.41, 5.74) is 5.80. The molecule has 0 unspecified atom stereocenters. The lowest BCUT2D eigenvalue weighted by atomic mass is 9.82. The molecule has 17 heavy (non-hydrogen) atoms. The Morgan fingerprint density at radius 3 is 3.18 bits per heavy atom. The van der Waals surface area contributed by atoms with E-state index in [1.165, 1.54) is 6.07 Å². The quantitative estimate of drug-likeness (QED) is 0.823. The molecule has 0 spiro atoms. The van der Waals surface area contributed by atoms with E-state index >= 15 is 0 Å². The highest BCUT2D eigenvalue weighted by Gasteiger charge is 2.32. The number of allylic oxidation sites excluding steroid dienone is 1. The van der Waals surface area contributed by atoms with Crippen LogP contribution in [0.25, 0.3) is 5.57 Å². The van der Waals surface area contributed by atoms with Crippen LogP contribution in [0.15, 0.2) is 23.8 Å². The van der Waals surface area contributed by atoms with Crippen molar-refractivity contribution in [3.63, 3.8) is 0 Å². The molecule has 1 amide bonds. The molecule has 0 heterocycles. The Balaban J connectivity index is 2.44. The molecular formula is C14H14ClNO. The van der Waals surface area contributed by atoms with E-state index in [1.54, 1.807) is 12.1 Å². The van der Waals surface area contributed by atoms with Crippen LogP contribution in [0.1, 0.15) is 39.8 Å². The lowest BCUT2D eigenvalue weighted by Crippen LogP contribution is -2.27. The second-order valence-corrected chi connectivity index (χ2v) is 4.38. The number of rotatable bonds is 1. The largest absolute Gasteiger partial charge is 0.369 e. The van der Waals surface area contributed by atoms with E-state index in [2.05, 4.69) is 0 Å². The van der Waals surface area contributed by atoms with Crippen molar-refractivity contribution in [1.29, 1.82) is 0 Å². The van der Waals surface area contributed by atoms with Gasteiger partial charge in [-0.1, -0.05) is 17.7 Å². The highest BCUT2D eigenvalue weighted by atomic mass is 35.5. The number of carbonyl (C=O) groups excluding carboxylic acids is 1. The molecule has 0 aliphatic heterocycles. The van der Waals surface area contributed by atoms with E-state index in [1.807, 2.05) is 0 Å². The first-order chi connectivity index (χ1) is 10.8. The Morgan fingerprint density at radius 2 is 2.41 bits per heavy atom. The summed E-state index contributed by atoms with van der Waals surface area (Å²) in [4.78, 5) is 12.0. The standard InChI is InChI=1S/C14H14ClNO/c15-9-5-4-8-6-13-10(12(8)7-9)2-1-3-11(13)14(16)17/h4-5,7,11H,1-3,6H2,(H2,16,17)/t11-/m1/s1/i1D2,2D2,3D2,11D. The van der Waals surface area contributed by atoms with Gasteiger partial charge in [0, 0.05) is 14.6 Å². The summed E-state index contributed by atoms with van der Waals surface area (Å²) in [6.07, 6.45) is -9.12. The number of primary amides is 1. The Morgan fingerprint density at radius 1 is 1.59 bits per heavy atom. The van der Waals surface area contributed by atoms with E-state index in [0.717, 1.165) is 0 Å². The maximum atomic E-state index is 12.0. The summed E-state index contributed by atoms with van der Waals surface area (Å²) in [5.74, 6) is -4.07. The summed E-state index contributed by atoms with van der Waals surface area (Å²) in [6, 6.07) is 4.60. The van der Waals surface area contributed by atoms with Crippen molar-refractivity contribution < 1.29 is 14.4 Å². The number of benzene rings is 1. The third-order valence-corrected chi connectivity index (χ3v) is 3.17. The minimum atomic E-state index is -3.15. The van der Waals surface area contributed by atoms with Crippen LogP contribution >= 0.6 is 11.6 Å². The number of fused-ring (bicyclic) bond motifs is 2. The first-order valence-electron chi connectivity index (χ1n) is 8.63. The fraction of sp³-hybridized carbons (Fsp3) is 0.357. The zero-order valence-corrected chi connectivity index (χ0v) is 9.56. The van der Waals surface area contributed by atoms with Gasteiger partial charge in [-0.3, -0.25) is 4.79 Å². The normalized spacial score (nSPS) is 41.6. The summed E-state index contributed by atoms with van der Waals surface area (Å²) >= 11 is 5.96. The van der Waals surface area contributed by atoms with Gasteiger partial charge < -0.3 is 5.73 Å². The molecule has 0 radical (unpaired) electrons. The minimum absolute atomic E-state index is 0.0522. The average molecular weight is 255 g/mol. The molecule has 3 rings (SSSR count). The second-order valence-electron chi connectivity index (χ2n) is 3.95. The molecule has 0 saturated carbocycles. The third-order valence-electron chi connectivity index (χ3n) is 2.93. The number of nitrogens with two attached hydrogens (primary N) is 1. The lowest BCUT2D eigenvalue weighted by molar-refractivity contribution is -0.121. The Labute approximate surface area is 115 Å². The number of carbonyl (C=O) groups is 1. The molecule has 2 aliphatic rings. The lowest BCUT2D eigenvalue weighted by Gasteiger charge is -2.22. The maximum Gasteiger partial charge on any atom is 0.224 e. The minimum Gasteiger partial charge on any atom is -0.369 e. The predicted octanol–water partition coefficient (Wildman–Crippen LogP) is 2.94. The monoisotopic (exact) mass is 254 g/mol. The van der Waals surface area contributed by atoms with Gasteiger partial charge in [0.25, 0.3) is 0 Å². The van der Waals surface area contributed by atoms with Crippen LogP contribution in [0, 0.1) is 5.89 Å². The van der Waals surface area contributed by atoms with Crippen molar-refractivity contribution in [2.45, 2.75) is 25.5 Å². The van der Waals surface area contributed by atoms with Crippen molar-refractivity contribution in [2.75, 3.05) is 0 Å². The highest BCUT2D eigenvalue weighted by molar-refractivity contribution is 6.30. The van der Waals surface area contributed by atoms with Crippen LogP contribution in [-0.4, -0.2) is 5.91 Å². The van der Waals surface area contributed by atoms with Crippen LogP contribution in [0.2, 0.25) is 5.02 Å². The van der Waals surface area contributed by atoms with Crippen LogP contribution in [0.5, 0.6) is 0 Å². The van der Waals surface area contributed by atoms with Gasteiger partial charge >= 0.3 is 0 Å². The molecule has 0 saturated heterocycles. The number of hydrogen-bond donors (Lipinski definition) is 1. The SMILES string of the molecule is [2H]C1([2H])C2=C(Cc3ccc(Cl)cc32)[C@]([2H])(C(N)=O)C([2H])([2H])C1([2H])[2H]. The van der Waals surface area contributed by atoms with Gasteiger partial charge in [-0.2, -0.15) is 0 Å². The Kier molecular flexibility index (Phi) is 1.27. The van der Waals surface area contributed by atoms with Crippen molar-refractivity contribution >= 4 is 23.1 Å². The van der Waals surface area contributed by atoms with E-state index < -0.39 is 30.9 Å². The molecule has 2 nitrogen and oxygen atoms in total. The average Bonchev–Trinajstić information content (AvgIpc) is 2.83. The van der Waals surface area contributed by atoms with Crippen molar-refractivity contribution in [1.82, 2.24) is 0 Å². The topological polar surface area (TPSA) is 43.1 Å². The zero-order chi connectivity index (χ0) is 18.3. The molecule has 2 aliphatic carbocycles. The van der Waals surface area contributed by atoms with Gasteiger partial charge in [-0.15, -0.1) is 0 Å². The molecular weight excluding hydrogens is 234 g/mol. The fourth-order valence-corrected chi connectivity index (χ4v) is 2.35. The molecule has 0 aromatic heterocycles. The van der Waals surface area contributed by atoms with E-state index in [9.17, 15) is 4.79 Å². The second kappa shape index (κ2) is 3.88. The molecule has 1 atom stereocenters. The number of amides is 1. The first-order valence-corrected chi connectivity index (χ1v) is 5.50. The van der Waals surface area contributed by atoms with Crippen LogP contribution < -0.4 is 5.73 Å². The maximum absolute atomic E-state index is 12.0. The fourth-order valence-electron chi connectivity index (χ4n) is 2.18. The summed E-state index contributed by atoms with van der Waals surface area (Å²) in [6.45, 7) is 0. The van der Waals surface area contributed by atoms with Gasteiger partial charge in [-0.05, 0) is 59.9 Å². The van der Waals surface area contributed by atoms with Crippen molar-refractivity contribution in [3.05, 3.63) is 39.9 Å². The van der Waals surface area contributed by atoms with E-state index in [4.69, 9.17) is 26.9 Å². The summed E-state index contributed by atoms with van der Waals surface area (Å²) < 4.78 is 57.2. The third kappa shape index (κ3) is 1.67. The van der Waals surface area contributed by atoms with Crippen LogP contribution in [0.3, 0.4) is 0 Å². The number of halogens is 1. The Hall–Kier alpha value is -1.28. The number of hydrogen-bond acceptors (Lipinski definition) is 1. The highest BCUT2D eigenvalue weighted by Crippen LogP contribution is 2.44. The summed E-state index contributed by atoms with van der Waals surface area (Å²) in [5, 5.41) is 0.294. The van der Waals surface area contributed by atoms with Crippen LogP contribution in [-0.2, 0) is 11.2 Å². The van der Waals surface area contributed by atoms with Gasteiger partial charge in [0.2, 0.25) is 5.91 Å². The Bertz CT molecular complexity index is 804. The van der Waals surface area contributed by atoms with Crippen LogP contribution in [0.4, 0.5) is 0 Å². The molecule has 1 aromatic carbocycles. The van der Waals surface area contributed by atoms with Gasteiger partial charge in [0.15, 0.2) is 0 Å². The smallest absolute Gasteiger partial charge is 0.224 e. The molecule has 88 valence electrons. The van der Waals surface area contributed by atoms with Crippen molar-refractivity contribution in [3.8, 4) is 0 Å². The molecule has 0 fully saturated rings. The summed E-state index contributed by atoms with van der Waals surface area (Å²) in [7, 11) is 0. The predicted molar refractivity (Wildman–Crippen MR) is 68.6 cm³/mol. The zero-order valence-electron chi connectivity index (χ0n) is 15.8. The van der Waals surface area contributed by atoms with E-state index in [-0.39, 0.29) is 17.6 Å². The molecule has 1 aromatic rings. The van der Waals surface area contributed by atoms with E-state index in [0.29, 0.717) is 16.1 Å². The van der Waals surface area contributed by atoms with Crippen molar-refractivity contribution in [2.24, 2.45) is 11.6 Å². The first kappa shape index (κ1) is 5.57. The molecule has 2 N–H and O–H groups in total. The van der Waals surface area contributed by atoms with Gasteiger partial charge in [0.05, 0.1) is 5.89 Å². The van der Waals surface area contributed by atoms with Gasteiger partial charge in [-0.25, -0.2) is 0 Å². The molecule has 3 heteroatoms.